The van der Waals surface area contributed by atoms with Crippen molar-refractivity contribution in [3.8, 4) is 11.1 Å². The first-order valence-electron chi connectivity index (χ1n) is 7.91. The molecule has 0 radical (unpaired) electrons. The SMILES string of the molecule is CC1=[C-]CC=C1.C[Si](C)=[Ti+2].[Cl-].[Cl-].[c-]1cccc2c1Cc1ccccc1-2. The second kappa shape index (κ2) is 12.7. The van der Waals surface area contributed by atoms with Gasteiger partial charge in [-0.15, -0.1) is 12.0 Å². The summed E-state index contributed by atoms with van der Waals surface area (Å²) in [6.07, 6.45) is 9.50. The Morgan fingerprint density at radius 1 is 1.00 bits per heavy atom. The molecule has 2 aliphatic carbocycles. The fourth-order valence-electron chi connectivity index (χ4n) is 2.51. The van der Waals surface area contributed by atoms with Gasteiger partial charge in [0.25, 0.3) is 0 Å². The van der Waals surface area contributed by atoms with Crippen molar-refractivity contribution < 1.29 is 44.0 Å². The first-order chi connectivity index (χ1) is 11.1. The second-order valence-corrected chi connectivity index (χ2v) is 12.5. The van der Waals surface area contributed by atoms with Crippen LogP contribution in [0.1, 0.15) is 24.5 Å². The van der Waals surface area contributed by atoms with Crippen LogP contribution in [0.3, 0.4) is 0 Å². The van der Waals surface area contributed by atoms with Gasteiger partial charge >= 0.3 is 38.5 Å². The molecule has 4 heteroatoms. The Labute approximate surface area is 176 Å². The predicted octanol–water partition coefficient (Wildman–Crippen LogP) is -0.454. The maximum absolute atomic E-state index is 3.30. The zero-order valence-electron chi connectivity index (χ0n) is 14.9. The number of fused-ring (bicyclic) bond motifs is 3. The summed E-state index contributed by atoms with van der Waals surface area (Å²) in [5, 5.41) is 0. The Morgan fingerprint density at radius 2 is 1.64 bits per heavy atom. The zero-order valence-corrected chi connectivity index (χ0v) is 18.9. The molecule has 0 amide bonds. The molecule has 4 rings (SSSR count). The fourth-order valence-corrected chi connectivity index (χ4v) is 2.51. The Kier molecular flexibility index (Phi) is 12.4. The van der Waals surface area contributed by atoms with Crippen molar-refractivity contribution in [2.24, 2.45) is 0 Å². The van der Waals surface area contributed by atoms with Crippen molar-refractivity contribution in [1.82, 2.24) is 0 Å². The van der Waals surface area contributed by atoms with Crippen molar-refractivity contribution >= 4 is 6.19 Å². The molecule has 0 heterocycles. The van der Waals surface area contributed by atoms with E-state index < -0.39 is 0 Å². The van der Waals surface area contributed by atoms with E-state index in [9.17, 15) is 0 Å². The van der Waals surface area contributed by atoms with Crippen LogP contribution in [0, 0.1) is 12.1 Å². The number of rotatable bonds is 0. The standard InChI is InChI=1S/C13H9.C6H7.C2H6Si.2ClH.Ti/c1-3-7-12-10(5-1)9-11-6-2-4-8-13(11)12;1-6-4-2-3-5-6;1-3-2;;;/h1-5,7-8H,9H2;2,4H,3H2,1H3;1-2H3;2*1H;/q2*-1;;;;+2/p-2. The minimum absolute atomic E-state index is 0. The van der Waals surface area contributed by atoms with E-state index in [-0.39, 0.29) is 31.0 Å². The number of allylic oxidation sites excluding steroid dienone is 4. The molecular formula is C21H22Cl2SiTi-2. The summed E-state index contributed by atoms with van der Waals surface area (Å²) in [6, 6.07) is 18.1. The van der Waals surface area contributed by atoms with Crippen LogP contribution in [-0.4, -0.2) is 6.19 Å². The first kappa shape index (κ1) is 24.4. The van der Waals surface area contributed by atoms with Crippen molar-refractivity contribution in [1.29, 1.82) is 0 Å². The summed E-state index contributed by atoms with van der Waals surface area (Å²) in [4.78, 5) is 0. The van der Waals surface area contributed by atoms with Crippen LogP contribution in [0.4, 0.5) is 0 Å². The Balaban J connectivity index is 0.000000410. The Bertz CT molecular complexity index is 701. The van der Waals surface area contributed by atoms with Crippen molar-refractivity contribution in [2.75, 3.05) is 0 Å². The number of halogens is 2. The molecule has 0 aliphatic heterocycles. The van der Waals surface area contributed by atoms with Crippen LogP contribution < -0.4 is 24.8 Å². The third kappa shape index (κ3) is 8.11. The van der Waals surface area contributed by atoms with Crippen LogP contribution in [0.5, 0.6) is 0 Å². The van der Waals surface area contributed by atoms with Gasteiger partial charge in [0.15, 0.2) is 0 Å². The molecule has 0 N–H and O–H groups in total. The molecule has 0 nitrogen and oxygen atoms in total. The molecule has 0 bridgehead atoms. The fraction of sp³-hybridized carbons (Fsp3) is 0.238. The minimum atomic E-state index is 0. The monoisotopic (exact) mass is 420 g/mol. The van der Waals surface area contributed by atoms with Crippen molar-refractivity contribution in [2.45, 2.75) is 32.9 Å². The van der Waals surface area contributed by atoms with Crippen LogP contribution >= 0.6 is 0 Å². The van der Waals surface area contributed by atoms with Gasteiger partial charge in [0.05, 0.1) is 0 Å². The maximum Gasteiger partial charge on any atom is -0.0253 e. The van der Waals surface area contributed by atoms with Crippen LogP contribution in [0.25, 0.3) is 11.1 Å². The maximum atomic E-state index is 3.30. The molecule has 2 aromatic carbocycles. The topological polar surface area (TPSA) is 0 Å². The average Bonchev–Trinajstić information content (AvgIpc) is 3.13. The molecule has 0 fully saturated rings. The normalized spacial score (nSPS) is 12.0. The summed E-state index contributed by atoms with van der Waals surface area (Å²) in [7, 11) is 0. The number of benzene rings is 2. The Morgan fingerprint density at radius 3 is 2.20 bits per heavy atom. The molecule has 0 spiro atoms. The largest absolute Gasteiger partial charge is 1.00 e. The zero-order chi connectivity index (χ0) is 16.7. The van der Waals surface area contributed by atoms with Gasteiger partial charge in [0.2, 0.25) is 0 Å². The third-order valence-corrected chi connectivity index (χ3v) is 3.48. The van der Waals surface area contributed by atoms with E-state index in [0.717, 1.165) is 12.8 Å². The quantitative estimate of drug-likeness (QED) is 0.341. The molecule has 2 aromatic rings. The average molecular weight is 421 g/mol. The summed E-state index contributed by atoms with van der Waals surface area (Å²) in [5.74, 6) is 0. The van der Waals surface area contributed by atoms with Gasteiger partial charge in [-0.3, -0.25) is 6.08 Å². The summed E-state index contributed by atoms with van der Waals surface area (Å²) in [5.41, 5.74) is 6.78. The Hall–Kier alpha value is -0.569. The smallest absolute Gasteiger partial charge is 0.0253 e. The first-order valence-corrected chi connectivity index (χ1v) is 12.8. The van der Waals surface area contributed by atoms with E-state index in [1.165, 1.54) is 27.8 Å². The van der Waals surface area contributed by atoms with Gasteiger partial charge in [-0.25, -0.2) is 11.6 Å². The van der Waals surface area contributed by atoms with E-state index in [1.54, 1.807) is 0 Å². The molecule has 0 saturated heterocycles. The molecule has 0 aromatic heterocycles. The van der Waals surface area contributed by atoms with E-state index in [4.69, 9.17) is 0 Å². The van der Waals surface area contributed by atoms with Crippen LogP contribution in [-0.2, 0) is 25.6 Å². The van der Waals surface area contributed by atoms with E-state index >= 15 is 0 Å². The number of hydrogen-bond donors (Lipinski definition) is 0. The molecule has 0 unspecified atom stereocenters. The van der Waals surface area contributed by atoms with E-state index in [1.807, 2.05) is 6.07 Å². The predicted molar refractivity (Wildman–Crippen MR) is 97.2 cm³/mol. The molecular weight excluding hydrogens is 399 g/mol. The summed E-state index contributed by atoms with van der Waals surface area (Å²) >= 11 is 2.27. The van der Waals surface area contributed by atoms with E-state index in [2.05, 4.69) is 99.9 Å². The second-order valence-electron chi connectivity index (χ2n) is 5.86. The van der Waals surface area contributed by atoms with Gasteiger partial charge < -0.3 is 24.8 Å². The summed E-state index contributed by atoms with van der Waals surface area (Å²) in [6.45, 7) is 6.60. The van der Waals surface area contributed by atoms with Gasteiger partial charge in [0.1, 0.15) is 0 Å². The summed E-state index contributed by atoms with van der Waals surface area (Å²) < 4.78 is 0. The minimum Gasteiger partial charge on any atom is -1.00 e. The van der Waals surface area contributed by atoms with Crippen molar-refractivity contribution in [3.05, 3.63) is 83.5 Å². The van der Waals surface area contributed by atoms with Crippen molar-refractivity contribution in [3.63, 3.8) is 0 Å². The van der Waals surface area contributed by atoms with Crippen LogP contribution in [0.2, 0.25) is 13.1 Å². The third-order valence-electron chi connectivity index (χ3n) is 3.48. The van der Waals surface area contributed by atoms with Gasteiger partial charge in [-0.1, -0.05) is 42.3 Å². The molecule has 0 saturated carbocycles. The molecule has 130 valence electrons. The van der Waals surface area contributed by atoms with Gasteiger partial charge in [-0.05, 0) is 6.42 Å². The van der Waals surface area contributed by atoms with Crippen LogP contribution in [0.15, 0.2) is 60.2 Å². The molecule has 0 atom stereocenters. The number of hydrogen-bond acceptors (Lipinski definition) is 0. The molecule has 2 aliphatic rings. The van der Waals surface area contributed by atoms with Gasteiger partial charge in [-0.2, -0.15) is 35.9 Å². The van der Waals surface area contributed by atoms with E-state index in [0.29, 0.717) is 0 Å². The van der Waals surface area contributed by atoms with Gasteiger partial charge in [0, 0.05) is 0 Å². The molecule has 25 heavy (non-hydrogen) atoms.